The summed E-state index contributed by atoms with van der Waals surface area (Å²) < 4.78 is 0. The van der Waals surface area contributed by atoms with Crippen molar-refractivity contribution in [1.29, 1.82) is 5.41 Å². The molecule has 0 radical (unpaired) electrons. The molecule has 0 saturated carbocycles. The van der Waals surface area contributed by atoms with Crippen LogP contribution in [0.1, 0.15) is 38.0 Å². The molecule has 0 unspecified atom stereocenters. The van der Waals surface area contributed by atoms with E-state index in [1.165, 1.54) is 22.9 Å². The zero-order valence-corrected chi connectivity index (χ0v) is 20.2. The van der Waals surface area contributed by atoms with Crippen LogP contribution in [0.25, 0.3) is 21.3 Å². The van der Waals surface area contributed by atoms with Gasteiger partial charge >= 0.3 is 0 Å². The van der Waals surface area contributed by atoms with Gasteiger partial charge < -0.3 is 10.2 Å². The Hall–Kier alpha value is -2.96. The second kappa shape index (κ2) is 10.8. The van der Waals surface area contributed by atoms with E-state index in [0.717, 1.165) is 71.6 Å². The smallest absolute Gasteiger partial charge is 0.126 e. The van der Waals surface area contributed by atoms with Gasteiger partial charge in [-0.1, -0.05) is 36.5 Å². The van der Waals surface area contributed by atoms with Crippen molar-refractivity contribution in [2.45, 2.75) is 26.2 Å². The Morgan fingerprint density at radius 1 is 1.21 bits per heavy atom. The molecule has 172 valence electrons. The van der Waals surface area contributed by atoms with Gasteiger partial charge in [-0.2, -0.15) is 0 Å². The number of likely N-dealkylation sites (N-methyl/N-ethyl adjacent to an activating group) is 1. The van der Waals surface area contributed by atoms with Crippen LogP contribution in [0.5, 0.6) is 0 Å². The predicted octanol–water partition coefficient (Wildman–Crippen LogP) is 6.34. The Labute approximate surface area is 202 Å². The fourth-order valence-corrected chi connectivity index (χ4v) is 4.59. The third kappa shape index (κ3) is 6.30. The number of thioether (sulfide) groups is 1. The van der Waals surface area contributed by atoms with E-state index in [9.17, 15) is 0 Å². The Kier molecular flexibility index (Phi) is 7.57. The first kappa shape index (κ1) is 23.2. The van der Waals surface area contributed by atoms with Gasteiger partial charge in [0.05, 0.1) is 10.7 Å². The lowest BCUT2D eigenvalue weighted by Gasteiger charge is -2.21. The van der Waals surface area contributed by atoms with E-state index in [-0.39, 0.29) is 1.43 Å². The summed E-state index contributed by atoms with van der Waals surface area (Å²) in [5, 5.41) is 13.9. The van der Waals surface area contributed by atoms with Crippen molar-refractivity contribution in [2.75, 3.05) is 32.0 Å². The minimum Gasteiger partial charge on any atom is -0.370 e. The molecule has 2 aromatic heterocycles. The Bertz CT molecular complexity index is 1210. The number of anilines is 1. The highest BCUT2D eigenvalue weighted by atomic mass is 32.2. The van der Waals surface area contributed by atoms with Crippen LogP contribution in [0.2, 0.25) is 0 Å². The number of aromatic nitrogens is 2. The van der Waals surface area contributed by atoms with Gasteiger partial charge in [0.25, 0.3) is 0 Å². The maximum atomic E-state index is 7.67. The van der Waals surface area contributed by atoms with Crippen LogP contribution >= 0.6 is 11.8 Å². The second-order valence-corrected chi connectivity index (χ2v) is 9.84. The van der Waals surface area contributed by atoms with Gasteiger partial charge in [-0.15, -0.1) is 0 Å². The molecule has 33 heavy (non-hydrogen) atoms. The van der Waals surface area contributed by atoms with Crippen LogP contribution in [0, 0.1) is 5.41 Å². The molecule has 3 aromatic rings. The highest BCUT2D eigenvalue weighted by Crippen LogP contribution is 2.29. The van der Waals surface area contributed by atoms with Crippen molar-refractivity contribution < 1.29 is 1.43 Å². The minimum absolute atomic E-state index is 0. The molecule has 3 heterocycles. The number of fused-ring (bicyclic) bond motifs is 1. The Morgan fingerprint density at radius 3 is 2.88 bits per heavy atom. The lowest BCUT2D eigenvalue weighted by atomic mass is 10.0. The third-order valence-electron chi connectivity index (χ3n) is 5.83. The first-order valence-corrected chi connectivity index (χ1v) is 12.2. The average molecular weight is 460 g/mol. The molecule has 1 aliphatic rings. The van der Waals surface area contributed by atoms with Crippen molar-refractivity contribution in [3.63, 3.8) is 0 Å². The van der Waals surface area contributed by atoms with Crippen LogP contribution < -0.4 is 5.32 Å². The minimum atomic E-state index is 0. The SMILES string of the molecule is C=C(SC(C)=N)c1ccc2cnc(NCCCc3ccnc(C4=CCN(C)CC4)c3)cc2c1.[HH]. The molecule has 0 amide bonds. The normalized spacial score (nSPS) is 14.2. The highest BCUT2D eigenvalue weighted by molar-refractivity contribution is 8.21. The van der Waals surface area contributed by atoms with Gasteiger partial charge in [0.1, 0.15) is 5.82 Å². The summed E-state index contributed by atoms with van der Waals surface area (Å²) in [6.45, 7) is 8.84. The number of hydrogen-bond donors (Lipinski definition) is 2. The van der Waals surface area contributed by atoms with Crippen molar-refractivity contribution in [3.8, 4) is 0 Å². The maximum Gasteiger partial charge on any atom is 0.126 e. The van der Waals surface area contributed by atoms with E-state index in [2.05, 4.69) is 70.2 Å². The van der Waals surface area contributed by atoms with Crippen molar-refractivity contribution in [3.05, 3.63) is 78.3 Å². The van der Waals surface area contributed by atoms with Crippen LogP contribution in [-0.4, -0.2) is 46.6 Å². The third-order valence-corrected chi connectivity index (χ3v) is 6.62. The number of benzene rings is 1. The van der Waals surface area contributed by atoms with Crippen LogP contribution in [0.3, 0.4) is 0 Å². The summed E-state index contributed by atoms with van der Waals surface area (Å²) in [6.07, 6.45) is 9.24. The van der Waals surface area contributed by atoms with E-state index in [0.29, 0.717) is 5.04 Å². The Morgan fingerprint density at radius 2 is 2.09 bits per heavy atom. The summed E-state index contributed by atoms with van der Waals surface area (Å²) in [6, 6.07) is 12.7. The van der Waals surface area contributed by atoms with Crippen molar-refractivity contribution >= 4 is 43.9 Å². The van der Waals surface area contributed by atoms with E-state index in [1.807, 2.05) is 18.5 Å². The van der Waals surface area contributed by atoms with Gasteiger partial charge in [0.2, 0.25) is 0 Å². The molecule has 1 aliphatic heterocycles. The number of hydrogen-bond acceptors (Lipinski definition) is 6. The summed E-state index contributed by atoms with van der Waals surface area (Å²) in [5.41, 5.74) is 4.86. The Balaban J connectivity index is 0.00000324. The molecular weight excluding hydrogens is 426 g/mol. The zero-order chi connectivity index (χ0) is 23.2. The molecular formula is C27H33N5S. The molecule has 0 spiro atoms. The molecule has 0 aliphatic carbocycles. The number of pyridine rings is 2. The van der Waals surface area contributed by atoms with Gasteiger partial charge in [0, 0.05) is 43.7 Å². The number of rotatable bonds is 8. The predicted molar refractivity (Wildman–Crippen MR) is 145 cm³/mol. The average Bonchev–Trinajstić information content (AvgIpc) is 2.81. The first-order valence-electron chi connectivity index (χ1n) is 11.4. The fourth-order valence-electron chi connectivity index (χ4n) is 3.97. The molecule has 1 aromatic carbocycles. The summed E-state index contributed by atoms with van der Waals surface area (Å²) in [7, 11) is 2.16. The topological polar surface area (TPSA) is 64.9 Å². The molecule has 0 fully saturated rings. The highest BCUT2D eigenvalue weighted by Gasteiger charge is 2.11. The van der Waals surface area contributed by atoms with E-state index in [1.54, 1.807) is 6.92 Å². The van der Waals surface area contributed by atoms with Crippen molar-refractivity contribution in [2.24, 2.45) is 0 Å². The molecule has 0 atom stereocenters. The second-order valence-electron chi connectivity index (χ2n) is 8.53. The summed E-state index contributed by atoms with van der Waals surface area (Å²) in [4.78, 5) is 12.4. The maximum absolute atomic E-state index is 7.67. The van der Waals surface area contributed by atoms with Crippen LogP contribution in [0.4, 0.5) is 5.82 Å². The van der Waals surface area contributed by atoms with E-state index in [4.69, 9.17) is 5.41 Å². The van der Waals surface area contributed by atoms with Crippen LogP contribution in [-0.2, 0) is 6.42 Å². The largest absolute Gasteiger partial charge is 0.370 e. The zero-order valence-electron chi connectivity index (χ0n) is 19.4. The molecule has 0 bridgehead atoms. The molecule has 0 saturated heterocycles. The molecule has 4 rings (SSSR count). The van der Waals surface area contributed by atoms with Gasteiger partial charge in [-0.3, -0.25) is 10.4 Å². The van der Waals surface area contributed by atoms with Crippen LogP contribution in [0.15, 0.2) is 61.4 Å². The fraction of sp³-hybridized carbons (Fsp3) is 0.296. The standard InChI is InChI=1S/C27H31N5S.H2/c1-19(33-20(2)28)23-6-7-24-18-31-27(17-25(24)16-23)30-11-4-5-21-8-12-29-26(15-21)22-9-13-32(3)14-10-22;/h6-9,12,15-18,28H,1,4-5,10-11,13-14H2,2-3H3,(H,30,31);1H. The number of aryl methyl sites for hydroxylation is 1. The summed E-state index contributed by atoms with van der Waals surface area (Å²) in [5.74, 6) is 0.882. The monoisotopic (exact) mass is 459 g/mol. The number of nitrogens with one attached hydrogen (secondary N) is 2. The first-order chi connectivity index (χ1) is 16.0. The molecule has 2 N–H and O–H groups in total. The molecule has 6 heteroatoms. The van der Waals surface area contributed by atoms with E-state index >= 15 is 0 Å². The number of nitrogens with zero attached hydrogens (tertiary/aromatic N) is 3. The van der Waals surface area contributed by atoms with E-state index < -0.39 is 0 Å². The lowest BCUT2D eigenvalue weighted by molar-refractivity contribution is 0.369. The summed E-state index contributed by atoms with van der Waals surface area (Å²) >= 11 is 1.39. The van der Waals surface area contributed by atoms with Crippen molar-refractivity contribution in [1.82, 2.24) is 14.9 Å². The molecule has 5 nitrogen and oxygen atoms in total. The quantitative estimate of drug-likeness (QED) is 0.234. The lowest BCUT2D eigenvalue weighted by Crippen LogP contribution is -2.23. The van der Waals surface area contributed by atoms with Gasteiger partial charge in [-0.25, -0.2) is 4.98 Å². The van der Waals surface area contributed by atoms with Gasteiger partial charge in [-0.05, 0) is 79.6 Å². The van der Waals surface area contributed by atoms with Gasteiger partial charge in [0.15, 0.2) is 0 Å².